The van der Waals surface area contributed by atoms with E-state index in [1.54, 1.807) is 0 Å². The normalized spacial score (nSPS) is 13.9. The van der Waals surface area contributed by atoms with Crippen molar-refractivity contribution in [2.24, 2.45) is 5.84 Å². The Morgan fingerprint density at radius 3 is 2.50 bits per heavy atom. The number of unbranched alkanes of at least 4 members (excludes halogenated alkanes) is 2. The quantitative estimate of drug-likeness (QED) is 0.295. The standard InChI is InChI=1S/C5H14N2O/c1-2-3-4-5-7(6)8/h7H,2-6H2,1H3. The third-order valence-electron chi connectivity index (χ3n) is 1.03. The van der Waals surface area contributed by atoms with Crippen LogP contribution in [0.5, 0.6) is 0 Å². The fraction of sp³-hybridized carbons (Fsp3) is 1.00. The van der Waals surface area contributed by atoms with E-state index < -0.39 is 0 Å². The highest BCUT2D eigenvalue weighted by molar-refractivity contribution is 4.32. The molecule has 0 aromatic carbocycles. The van der Waals surface area contributed by atoms with Crippen molar-refractivity contribution in [1.82, 2.24) is 0 Å². The smallest absolute Gasteiger partial charge is 0.0942 e. The fourth-order valence-electron chi connectivity index (χ4n) is 0.549. The highest BCUT2D eigenvalue weighted by Gasteiger charge is 1.86. The Morgan fingerprint density at radius 1 is 1.50 bits per heavy atom. The van der Waals surface area contributed by atoms with Crippen LogP contribution in [0.1, 0.15) is 26.2 Å². The maximum Gasteiger partial charge on any atom is 0.0942 e. The van der Waals surface area contributed by atoms with Gasteiger partial charge in [0.05, 0.1) is 6.54 Å². The summed E-state index contributed by atoms with van der Waals surface area (Å²) in [5, 5.41) is 9.91. The molecule has 0 aliphatic heterocycles. The van der Waals surface area contributed by atoms with Crippen molar-refractivity contribution < 1.29 is 5.17 Å². The van der Waals surface area contributed by atoms with Crippen LogP contribution in [0.25, 0.3) is 0 Å². The molecule has 50 valence electrons. The lowest BCUT2D eigenvalue weighted by Crippen LogP contribution is -3.13. The molecule has 0 saturated carbocycles. The summed E-state index contributed by atoms with van der Waals surface area (Å²) in [7, 11) is 0. The number of nitrogens with one attached hydrogen (secondary N) is 1. The van der Waals surface area contributed by atoms with E-state index in [2.05, 4.69) is 6.92 Å². The van der Waals surface area contributed by atoms with Gasteiger partial charge in [0.1, 0.15) is 0 Å². The van der Waals surface area contributed by atoms with Crippen LogP contribution in [0.3, 0.4) is 0 Å². The zero-order chi connectivity index (χ0) is 6.41. The molecule has 1 unspecified atom stereocenters. The zero-order valence-electron chi connectivity index (χ0n) is 5.31. The second-order valence-electron chi connectivity index (χ2n) is 1.92. The molecule has 8 heavy (non-hydrogen) atoms. The van der Waals surface area contributed by atoms with E-state index in [1.165, 1.54) is 0 Å². The highest BCUT2D eigenvalue weighted by atomic mass is 16.5. The maximum absolute atomic E-state index is 10.1. The molecular formula is C5H14N2O. The SMILES string of the molecule is CCCCC[NH+](N)[O-]. The molecule has 0 aromatic heterocycles. The molecule has 0 heterocycles. The van der Waals surface area contributed by atoms with Gasteiger partial charge in [0.25, 0.3) is 0 Å². The summed E-state index contributed by atoms with van der Waals surface area (Å²) < 4.78 is 0. The summed E-state index contributed by atoms with van der Waals surface area (Å²) in [6, 6.07) is 0. The summed E-state index contributed by atoms with van der Waals surface area (Å²) in [5.74, 6) is 4.89. The Morgan fingerprint density at radius 2 is 2.12 bits per heavy atom. The van der Waals surface area contributed by atoms with Crippen LogP contribution in [0.15, 0.2) is 0 Å². The average molecular weight is 118 g/mol. The van der Waals surface area contributed by atoms with Gasteiger partial charge in [0.15, 0.2) is 0 Å². The Bertz CT molecular complexity index is 47.7. The number of hydrogen-bond donors (Lipinski definition) is 2. The van der Waals surface area contributed by atoms with Crippen molar-refractivity contribution in [3.63, 3.8) is 0 Å². The average Bonchev–Trinajstić information content (AvgIpc) is 1.66. The van der Waals surface area contributed by atoms with Gasteiger partial charge in [-0.3, -0.25) is 5.17 Å². The first-order chi connectivity index (χ1) is 3.77. The monoisotopic (exact) mass is 118 g/mol. The summed E-state index contributed by atoms with van der Waals surface area (Å²) in [5.41, 5.74) is 0. The summed E-state index contributed by atoms with van der Waals surface area (Å²) in [4.78, 5) is 0. The van der Waals surface area contributed by atoms with Crippen LogP contribution in [0.4, 0.5) is 0 Å². The number of rotatable bonds is 4. The van der Waals surface area contributed by atoms with Crippen molar-refractivity contribution >= 4 is 0 Å². The first-order valence-corrected chi connectivity index (χ1v) is 3.05. The van der Waals surface area contributed by atoms with Crippen LogP contribution in [0.2, 0.25) is 0 Å². The van der Waals surface area contributed by atoms with Gasteiger partial charge in [0, 0.05) is 0 Å². The molecule has 0 saturated heterocycles. The van der Waals surface area contributed by atoms with Crippen LogP contribution >= 0.6 is 0 Å². The Kier molecular flexibility index (Phi) is 4.95. The highest BCUT2D eigenvalue weighted by Crippen LogP contribution is 1.88. The molecule has 0 aliphatic carbocycles. The van der Waals surface area contributed by atoms with Gasteiger partial charge in [-0.2, -0.15) is 5.84 Å². The Balaban J connectivity index is 2.72. The van der Waals surface area contributed by atoms with E-state index in [0.717, 1.165) is 19.3 Å². The molecule has 3 N–H and O–H groups in total. The van der Waals surface area contributed by atoms with Crippen molar-refractivity contribution in [3.05, 3.63) is 5.21 Å². The van der Waals surface area contributed by atoms with Gasteiger partial charge >= 0.3 is 0 Å². The zero-order valence-corrected chi connectivity index (χ0v) is 5.31. The third kappa shape index (κ3) is 5.88. The van der Waals surface area contributed by atoms with Crippen LogP contribution < -0.4 is 11.0 Å². The number of hydrogen-bond acceptors (Lipinski definition) is 2. The minimum Gasteiger partial charge on any atom is -0.613 e. The van der Waals surface area contributed by atoms with E-state index in [4.69, 9.17) is 5.84 Å². The first-order valence-electron chi connectivity index (χ1n) is 3.05. The fourth-order valence-corrected chi connectivity index (χ4v) is 0.549. The van der Waals surface area contributed by atoms with E-state index >= 15 is 0 Å². The molecule has 0 fully saturated rings. The Labute approximate surface area is 50.0 Å². The second kappa shape index (κ2) is 5.03. The molecule has 3 nitrogen and oxygen atoms in total. The number of nitrogens with two attached hydrogens (primary N) is 1. The molecular weight excluding hydrogens is 104 g/mol. The molecule has 0 aliphatic rings. The number of hydroxylamine groups is 1. The lowest BCUT2D eigenvalue weighted by atomic mass is 10.2. The second-order valence-corrected chi connectivity index (χ2v) is 1.92. The van der Waals surface area contributed by atoms with Gasteiger partial charge in [-0.05, 0) is 12.8 Å². The van der Waals surface area contributed by atoms with Crippen molar-refractivity contribution in [2.75, 3.05) is 6.54 Å². The molecule has 0 aromatic rings. The summed E-state index contributed by atoms with van der Waals surface area (Å²) in [6.07, 6.45) is 3.21. The van der Waals surface area contributed by atoms with Gasteiger partial charge in [-0.1, -0.05) is 13.3 Å². The van der Waals surface area contributed by atoms with Crippen LogP contribution in [-0.4, -0.2) is 6.54 Å². The van der Waals surface area contributed by atoms with Crippen LogP contribution in [-0.2, 0) is 0 Å². The van der Waals surface area contributed by atoms with Crippen LogP contribution in [0, 0.1) is 5.21 Å². The third-order valence-corrected chi connectivity index (χ3v) is 1.03. The van der Waals surface area contributed by atoms with Crippen molar-refractivity contribution in [2.45, 2.75) is 26.2 Å². The topological polar surface area (TPSA) is 53.5 Å². The van der Waals surface area contributed by atoms with Gasteiger partial charge in [-0.15, -0.1) is 0 Å². The first kappa shape index (κ1) is 7.88. The van der Waals surface area contributed by atoms with E-state index in [0.29, 0.717) is 6.54 Å². The minimum atomic E-state index is -0.182. The maximum atomic E-state index is 10.1. The molecule has 0 spiro atoms. The lowest BCUT2D eigenvalue weighted by molar-refractivity contribution is -0.861. The summed E-state index contributed by atoms with van der Waals surface area (Å²) in [6.45, 7) is 2.65. The minimum absolute atomic E-state index is 0.182. The predicted molar refractivity (Wildman–Crippen MR) is 32.9 cm³/mol. The van der Waals surface area contributed by atoms with Gasteiger partial charge in [-0.25, -0.2) is 0 Å². The van der Waals surface area contributed by atoms with Gasteiger partial charge in [0.2, 0.25) is 0 Å². The molecule has 0 bridgehead atoms. The predicted octanol–water partition coefficient (Wildman–Crippen LogP) is -0.567. The molecule has 3 heteroatoms. The summed E-state index contributed by atoms with van der Waals surface area (Å²) >= 11 is 0. The van der Waals surface area contributed by atoms with Crippen molar-refractivity contribution in [1.29, 1.82) is 0 Å². The lowest BCUT2D eigenvalue weighted by Gasteiger charge is -2.13. The molecule has 0 radical (unpaired) electrons. The van der Waals surface area contributed by atoms with E-state index in [1.807, 2.05) is 0 Å². The number of quaternary nitrogens is 1. The molecule has 0 amide bonds. The Hall–Kier alpha value is -0.120. The largest absolute Gasteiger partial charge is 0.613 e. The molecule has 0 rings (SSSR count). The van der Waals surface area contributed by atoms with E-state index in [9.17, 15) is 5.21 Å². The molecule has 1 atom stereocenters. The van der Waals surface area contributed by atoms with E-state index in [-0.39, 0.29) is 5.17 Å². The van der Waals surface area contributed by atoms with Crippen molar-refractivity contribution in [3.8, 4) is 0 Å². The van der Waals surface area contributed by atoms with Gasteiger partial charge < -0.3 is 5.21 Å².